The minimum atomic E-state index is -0.397. The Bertz CT molecular complexity index is 1070. The van der Waals surface area contributed by atoms with Gasteiger partial charge in [-0.25, -0.2) is 0 Å². The molecular formula is C24H24N4O. The molecule has 1 amide bonds. The second kappa shape index (κ2) is 7.76. The van der Waals surface area contributed by atoms with Crippen molar-refractivity contribution in [3.63, 3.8) is 0 Å². The molecule has 0 bridgehead atoms. The van der Waals surface area contributed by atoms with E-state index in [1.165, 1.54) is 37.9 Å². The Morgan fingerprint density at radius 2 is 1.90 bits per heavy atom. The third kappa shape index (κ3) is 3.66. The summed E-state index contributed by atoms with van der Waals surface area (Å²) in [6.07, 6.45) is 7.49. The lowest BCUT2D eigenvalue weighted by Crippen LogP contribution is -2.28. The van der Waals surface area contributed by atoms with Gasteiger partial charge in [0.25, 0.3) is 0 Å². The van der Waals surface area contributed by atoms with Crippen molar-refractivity contribution in [1.82, 2.24) is 9.88 Å². The molecule has 0 aliphatic carbocycles. The van der Waals surface area contributed by atoms with Crippen LogP contribution in [-0.4, -0.2) is 35.1 Å². The average Bonchev–Trinajstić information content (AvgIpc) is 3.09. The first kappa shape index (κ1) is 18.0. The van der Waals surface area contributed by atoms with E-state index < -0.39 is 5.92 Å². The molecule has 2 aromatic carbocycles. The second-order valence-electron chi connectivity index (χ2n) is 7.85. The lowest BCUT2D eigenvalue weighted by molar-refractivity contribution is -0.115. The number of carbonyl (C=O) groups is 1. The maximum Gasteiger partial charge on any atom is 0.237 e. The van der Waals surface area contributed by atoms with Crippen LogP contribution in [0.2, 0.25) is 0 Å². The van der Waals surface area contributed by atoms with Gasteiger partial charge in [-0.1, -0.05) is 24.6 Å². The zero-order valence-corrected chi connectivity index (χ0v) is 16.3. The number of hydrogen-bond donors (Lipinski definition) is 1. The molecule has 1 saturated heterocycles. The maximum atomic E-state index is 12.5. The van der Waals surface area contributed by atoms with Crippen LogP contribution in [0.4, 0.5) is 11.4 Å². The van der Waals surface area contributed by atoms with Crippen LogP contribution < -0.4 is 5.32 Å². The molecule has 0 saturated carbocycles. The van der Waals surface area contributed by atoms with E-state index in [-0.39, 0.29) is 5.91 Å². The number of piperidine rings is 1. The number of aliphatic imine (C=N–C) groups is 1. The quantitative estimate of drug-likeness (QED) is 0.666. The van der Waals surface area contributed by atoms with Crippen LogP contribution in [-0.2, 0) is 11.3 Å². The van der Waals surface area contributed by atoms with Crippen LogP contribution in [0.15, 0.2) is 59.7 Å². The summed E-state index contributed by atoms with van der Waals surface area (Å²) in [6, 6.07) is 16.1. The fraction of sp³-hybridized carbons (Fsp3) is 0.292. The molecule has 2 aliphatic rings. The summed E-state index contributed by atoms with van der Waals surface area (Å²) in [5.74, 6) is -0.437. The van der Waals surface area contributed by atoms with Gasteiger partial charge < -0.3 is 5.32 Å². The molecule has 1 atom stereocenters. The molecule has 1 unspecified atom stereocenters. The Kier molecular flexibility index (Phi) is 4.82. The summed E-state index contributed by atoms with van der Waals surface area (Å²) in [5, 5.41) is 3.96. The van der Waals surface area contributed by atoms with Gasteiger partial charge in [0.1, 0.15) is 5.92 Å². The van der Waals surface area contributed by atoms with Crippen LogP contribution in [0, 0.1) is 0 Å². The smallest absolute Gasteiger partial charge is 0.237 e. The molecule has 146 valence electrons. The molecule has 2 aliphatic heterocycles. The zero-order chi connectivity index (χ0) is 19.6. The van der Waals surface area contributed by atoms with Gasteiger partial charge in [0.05, 0.1) is 11.2 Å². The van der Waals surface area contributed by atoms with Gasteiger partial charge in [-0.2, -0.15) is 0 Å². The van der Waals surface area contributed by atoms with Crippen LogP contribution in [0.1, 0.15) is 36.3 Å². The summed E-state index contributed by atoms with van der Waals surface area (Å²) in [5.41, 5.74) is 4.89. The number of benzene rings is 2. The van der Waals surface area contributed by atoms with E-state index >= 15 is 0 Å². The number of anilines is 1. The number of nitrogens with one attached hydrogen (secondary N) is 1. The van der Waals surface area contributed by atoms with Crippen molar-refractivity contribution < 1.29 is 4.79 Å². The standard InChI is InChI=1S/C24H24N4O/c29-24-20(23-19-5-4-12-25-21(19)10-11-22(23)27-24)15-26-18-8-6-17(7-9-18)16-28-13-2-1-3-14-28/h4-12,15,20H,1-3,13-14,16H2,(H,27,29). The Labute approximate surface area is 170 Å². The molecule has 1 N–H and O–H groups in total. The number of carbonyl (C=O) groups excluding carboxylic acids is 1. The third-order valence-corrected chi connectivity index (χ3v) is 5.84. The maximum absolute atomic E-state index is 12.5. The number of likely N-dealkylation sites (tertiary alicyclic amines) is 1. The normalized spacial score (nSPS) is 19.6. The molecule has 0 radical (unpaired) electrons. The first-order chi connectivity index (χ1) is 14.3. The number of amides is 1. The highest BCUT2D eigenvalue weighted by Gasteiger charge is 2.31. The van der Waals surface area contributed by atoms with Crippen LogP contribution in [0.3, 0.4) is 0 Å². The summed E-state index contributed by atoms with van der Waals surface area (Å²) in [7, 11) is 0. The van der Waals surface area contributed by atoms with Crippen molar-refractivity contribution in [1.29, 1.82) is 0 Å². The van der Waals surface area contributed by atoms with Crippen molar-refractivity contribution in [2.75, 3.05) is 18.4 Å². The van der Waals surface area contributed by atoms with E-state index in [1.54, 1.807) is 12.4 Å². The van der Waals surface area contributed by atoms with E-state index in [0.29, 0.717) is 0 Å². The predicted molar refractivity (Wildman–Crippen MR) is 117 cm³/mol. The lowest BCUT2D eigenvalue weighted by Gasteiger charge is -2.26. The number of nitrogens with zero attached hydrogens (tertiary/aromatic N) is 3. The van der Waals surface area contributed by atoms with Gasteiger partial charge in [0, 0.05) is 35.6 Å². The molecule has 3 heterocycles. The molecule has 29 heavy (non-hydrogen) atoms. The number of pyridine rings is 1. The van der Waals surface area contributed by atoms with Crippen molar-refractivity contribution in [2.24, 2.45) is 4.99 Å². The number of fused-ring (bicyclic) bond motifs is 3. The lowest BCUT2D eigenvalue weighted by atomic mass is 9.97. The highest BCUT2D eigenvalue weighted by atomic mass is 16.2. The minimum absolute atomic E-state index is 0.0400. The predicted octanol–water partition coefficient (Wildman–Crippen LogP) is 4.66. The van der Waals surface area contributed by atoms with Crippen molar-refractivity contribution >= 4 is 34.4 Å². The van der Waals surface area contributed by atoms with Gasteiger partial charge in [0.15, 0.2) is 0 Å². The molecule has 3 aromatic rings. The van der Waals surface area contributed by atoms with E-state index in [1.807, 2.05) is 36.4 Å². The van der Waals surface area contributed by atoms with Crippen LogP contribution in [0.5, 0.6) is 0 Å². The van der Waals surface area contributed by atoms with E-state index in [2.05, 4.69) is 32.3 Å². The molecule has 5 heteroatoms. The topological polar surface area (TPSA) is 57.6 Å². The molecule has 0 spiro atoms. The molecule has 5 rings (SSSR count). The first-order valence-electron chi connectivity index (χ1n) is 10.3. The van der Waals surface area contributed by atoms with E-state index in [9.17, 15) is 4.79 Å². The first-order valence-corrected chi connectivity index (χ1v) is 10.3. The molecule has 1 fully saturated rings. The SMILES string of the molecule is O=C1Nc2ccc3ncccc3c2C1C=Nc1ccc(CN2CCCCC2)cc1. The van der Waals surface area contributed by atoms with Crippen molar-refractivity contribution in [2.45, 2.75) is 31.7 Å². The largest absolute Gasteiger partial charge is 0.325 e. The summed E-state index contributed by atoms with van der Waals surface area (Å²) in [6.45, 7) is 3.39. The van der Waals surface area contributed by atoms with Gasteiger partial charge in [-0.3, -0.25) is 19.7 Å². The number of hydrogen-bond acceptors (Lipinski definition) is 4. The summed E-state index contributed by atoms with van der Waals surface area (Å²) >= 11 is 0. The van der Waals surface area contributed by atoms with Gasteiger partial charge in [-0.05, 0) is 61.8 Å². The molecule has 1 aromatic heterocycles. The van der Waals surface area contributed by atoms with Gasteiger partial charge in [0.2, 0.25) is 5.91 Å². The highest BCUT2D eigenvalue weighted by Crippen LogP contribution is 2.37. The van der Waals surface area contributed by atoms with Crippen LogP contribution >= 0.6 is 0 Å². The number of aromatic nitrogens is 1. The molecular weight excluding hydrogens is 360 g/mol. The Morgan fingerprint density at radius 1 is 1.07 bits per heavy atom. The Balaban J connectivity index is 1.35. The second-order valence-corrected chi connectivity index (χ2v) is 7.85. The number of rotatable bonds is 4. The van der Waals surface area contributed by atoms with Crippen LogP contribution in [0.25, 0.3) is 10.9 Å². The third-order valence-electron chi connectivity index (χ3n) is 5.84. The van der Waals surface area contributed by atoms with Gasteiger partial charge in [-0.15, -0.1) is 0 Å². The fourth-order valence-corrected chi connectivity index (χ4v) is 4.33. The van der Waals surface area contributed by atoms with E-state index in [4.69, 9.17) is 0 Å². The average molecular weight is 384 g/mol. The zero-order valence-electron chi connectivity index (χ0n) is 16.3. The monoisotopic (exact) mass is 384 g/mol. The fourth-order valence-electron chi connectivity index (χ4n) is 4.33. The van der Waals surface area contributed by atoms with Crippen molar-refractivity contribution in [3.05, 3.63) is 65.9 Å². The summed E-state index contributed by atoms with van der Waals surface area (Å²) in [4.78, 5) is 24.1. The highest BCUT2D eigenvalue weighted by molar-refractivity contribution is 6.16. The Hall–Kier alpha value is -3.05. The Morgan fingerprint density at radius 3 is 2.72 bits per heavy atom. The van der Waals surface area contributed by atoms with Crippen molar-refractivity contribution in [3.8, 4) is 0 Å². The van der Waals surface area contributed by atoms with Gasteiger partial charge >= 0.3 is 0 Å². The van der Waals surface area contributed by atoms with E-state index in [0.717, 1.165) is 34.4 Å². The molecule has 5 nitrogen and oxygen atoms in total. The minimum Gasteiger partial charge on any atom is -0.325 e. The summed E-state index contributed by atoms with van der Waals surface area (Å²) < 4.78 is 0.